The molecule has 98 valence electrons. The zero-order valence-corrected chi connectivity index (χ0v) is 11.1. The second-order valence-corrected chi connectivity index (χ2v) is 5.22. The molecule has 0 radical (unpaired) electrons. The summed E-state index contributed by atoms with van der Waals surface area (Å²) in [5, 5.41) is 9.44. The average molecular weight is 247 g/mol. The van der Waals surface area contributed by atoms with E-state index >= 15 is 0 Å². The second-order valence-electron chi connectivity index (χ2n) is 5.22. The molecule has 0 unspecified atom stereocenters. The third-order valence-electron chi connectivity index (χ3n) is 3.66. The molecule has 3 nitrogen and oxygen atoms in total. The lowest BCUT2D eigenvalue weighted by molar-refractivity contribution is -0.132. The van der Waals surface area contributed by atoms with Crippen LogP contribution in [-0.2, 0) is 11.2 Å². The Hall–Kier alpha value is -1.35. The van der Waals surface area contributed by atoms with Crippen LogP contribution in [0, 0.1) is 13.8 Å². The zero-order valence-electron chi connectivity index (χ0n) is 11.1. The molecule has 0 bridgehead atoms. The quantitative estimate of drug-likeness (QED) is 0.866. The van der Waals surface area contributed by atoms with Gasteiger partial charge in [-0.05, 0) is 37.8 Å². The van der Waals surface area contributed by atoms with Crippen molar-refractivity contribution in [2.45, 2.75) is 39.2 Å². The zero-order chi connectivity index (χ0) is 13.1. The summed E-state index contributed by atoms with van der Waals surface area (Å²) in [6, 6.07) is 6.21. The monoisotopic (exact) mass is 247 g/mol. The number of carbonyl (C=O) groups is 1. The SMILES string of the molecule is Cc1ccc(CC(=O)N2CCC(O)CC2)c(C)c1. The second kappa shape index (κ2) is 5.53. The number of likely N-dealkylation sites (tertiary alicyclic amines) is 1. The maximum atomic E-state index is 12.2. The molecule has 1 heterocycles. The summed E-state index contributed by atoms with van der Waals surface area (Å²) in [5.41, 5.74) is 3.52. The molecule has 0 saturated carbocycles. The lowest BCUT2D eigenvalue weighted by Gasteiger charge is -2.29. The fourth-order valence-corrected chi connectivity index (χ4v) is 2.43. The van der Waals surface area contributed by atoms with Gasteiger partial charge in [0.25, 0.3) is 0 Å². The van der Waals surface area contributed by atoms with Crippen molar-refractivity contribution in [1.82, 2.24) is 4.90 Å². The van der Waals surface area contributed by atoms with Crippen LogP contribution in [0.4, 0.5) is 0 Å². The van der Waals surface area contributed by atoms with Crippen molar-refractivity contribution in [3.63, 3.8) is 0 Å². The average Bonchev–Trinajstić information content (AvgIpc) is 2.33. The van der Waals surface area contributed by atoms with Crippen LogP contribution in [0.1, 0.15) is 29.5 Å². The van der Waals surface area contributed by atoms with E-state index in [-0.39, 0.29) is 12.0 Å². The lowest BCUT2D eigenvalue weighted by Crippen LogP contribution is -2.40. The summed E-state index contributed by atoms with van der Waals surface area (Å²) in [7, 11) is 0. The largest absolute Gasteiger partial charge is 0.393 e. The lowest BCUT2D eigenvalue weighted by atomic mass is 10.0. The maximum Gasteiger partial charge on any atom is 0.227 e. The van der Waals surface area contributed by atoms with Gasteiger partial charge in [0.15, 0.2) is 0 Å². The van der Waals surface area contributed by atoms with Gasteiger partial charge in [-0.3, -0.25) is 4.79 Å². The van der Waals surface area contributed by atoms with Crippen LogP contribution in [0.3, 0.4) is 0 Å². The number of benzene rings is 1. The summed E-state index contributed by atoms with van der Waals surface area (Å²) >= 11 is 0. The Kier molecular flexibility index (Phi) is 4.02. The summed E-state index contributed by atoms with van der Waals surface area (Å²) in [6.45, 7) is 5.48. The predicted octanol–water partition coefficient (Wildman–Crippen LogP) is 1.83. The highest BCUT2D eigenvalue weighted by Gasteiger charge is 2.21. The fourth-order valence-electron chi connectivity index (χ4n) is 2.43. The summed E-state index contributed by atoms with van der Waals surface area (Å²) in [4.78, 5) is 14.0. The van der Waals surface area contributed by atoms with E-state index in [9.17, 15) is 9.90 Å². The van der Waals surface area contributed by atoms with Gasteiger partial charge in [-0.25, -0.2) is 0 Å². The Labute approximate surface area is 108 Å². The number of aliphatic hydroxyl groups excluding tert-OH is 1. The summed E-state index contributed by atoms with van der Waals surface area (Å²) in [6.07, 6.45) is 1.66. The number of hydrogen-bond donors (Lipinski definition) is 1. The van der Waals surface area contributed by atoms with Crippen molar-refractivity contribution in [1.29, 1.82) is 0 Å². The van der Waals surface area contributed by atoms with Gasteiger partial charge < -0.3 is 10.0 Å². The van der Waals surface area contributed by atoms with Gasteiger partial charge in [0.05, 0.1) is 12.5 Å². The molecule has 0 aliphatic carbocycles. The Morgan fingerprint density at radius 1 is 1.33 bits per heavy atom. The van der Waals surface area contributed by atoms with Gasteiger partial charge in [-0.2, -0.15) is 0 Å². The molecular formula is C15H21NO2. The van der Waals surface area contributed by atoms with Crippen LogP contribution < -0.4 is 0 Å². The number of carbonyl (C=O) groups excluding carboxylic acids is 1. The highest BCUT2D eigenvalue weighted by atomic mass is 16.3. The number of aryl methyl sites for hydroxylation is 2. The van der Waals surface area contributed by atoms with E-state index in [1.807, 2.05) is 11.0 Å². The molecule has 1 aromatic rings. The third-order valence-corrected chi connectivity index (χ3v) is 3.66. The van der Waals surface area contributed by atoms with Crippen LogP contribution in [0.5, 0.6) is 0 Å². The number of piperidine rings is 1. The highest BCUT2D eigenvalue weighted by molar-refractivity contribution is 5.79. The molecule has 1 aliphatic rings. The molecule has 0 atom stereocenters. The predicted molar refractivity (Wildman–Crippen MR) is 71.4 cm³/mol. The molecular weight excluding hydrogens is 226 g/mol. The van der Waals surface area contributed by atoms with E-state index < -0.39 is 0 Å². The van der Waals surface area contributed by atoms with E-state index in [0.29, 0.717) is 32.4 Å². The van der Waals surface area contributed by atoms with Crippen LogP contribution in [0.25, 0.3) is 0 Å². The molecule has 3 heteroatoms. The third kappa shape index (κ3) is 3.10. The fraction of sp³-hybridized carbons (Fsp3) is 0.533. The number of aliphatic hydroxyl groups is 1. The van der Waals surface area contributed by atoms with E-state index in [1.165, 1.54) is 11.1 Å². The smallest absolute Gasteiger partial charge is 0.227 e. The first-order valence-electron chi connectivity index (χ1n) is 6.58. The molecule has 1 aliphatic heterocycles. The minimum absolute atomic E-state index is 0.175. The molecule has 0 spiro atoms. The molecule has 1 aromatic carbocycles. The van der Waals surface area contributed by atoms with Crippen LogP contribution >= 0.6 is 0 Å². The van der Waals surface area contributed by atoms with E-state index in [1.54, 1.807) is 0 Å². The van der Waals surface area contributed by atoms with Crippen molar-refractivity contribution in [3.8, 4) is 0 Å². The van der Waals surface area contributed by atoms with Gasteiger partial charge in [-0.1, -0.05) is 23.8 Å². The van der Waals surface area contributed by atoms with Crippen molar-refractivity contribution in [2.75, 3.05) is 13.1 Å². The first kappa shape index (κ1) is 13.1. The van der Waals surface area contributed by atoms with Gasteiger partial charge in [0.2, 0.25) is 5.91 Å². The normalized spacial score (nSPS) is 16.9. The molecule has 1 saturated heterocycles. The minimum atomic E-state index is -0.227. The van der Waals surface area contributed by atoms with Gasteiger partial charge in [0, 0.05) is 13.1 Å². The minimum Gasteiger partial charge on any atom is -0.393 e. The summed E-state index contributed by atoms with van der Waals surface area (Å²) in [5.74, 6) is 0.175. The standard InChI is InChI=1S/C15H21NO2/c1-11-3-4-13(12(2)9-11)10-15(18)16-7-5-14(17)6-8-16/h3-4,9,14,17H,5-8,10H2,1-2H3. The number of hydrogen-bond acceptors (Lipinski definition) is 2. The topological polar surface area (TPSA) is 40.5 Å². The van der Waals surface area contributed by atoms with E-state index in [4.69, 9.17) is 0 Å². The van der Waals surface area contributed by atoms with Crippen LogP contribution in [0.2, 0.25) is 0 Å². The van der Waals surface area contributed by atoms with Crippen molar-refractivity contribution in [2.24, 2.45) is 0 Å². The first-order chi connectivity index (χ1) is 8.56. The first-order valence-corrected chi connectivity index (χ1v) is 6.58. The molecule has 1 amide bonds. The van der Waals surface area contributed by atoms with Crippen LogP contribution in [0.15, 0.2) is 18.2 Å². The highest BCUT2D eigenvalue weighted by Crippen LogP contribution is 2.15. The Balaban J connectivity index is 1.98. The van der Waals surface area contributed by atoms with E-state index in [0.717, 1.165) is 5.56 Å². The van der Waals surface area contributed by atoms with Crippen LogP contribution in [-0.4, -0.2) is 35.1 Å². The van der Waals surface area contributed by atoms with Crippen molar-refractivity contribution >= 4 is 5.91 Å². The number of amides is 1. The Morgan fingerprint density at radius 3 is 2.61 bits per heavy atom. The molecule has 18 heavy (non-hydrogen) atoms. The number of nitrogens with zero attached hydrogens (tertiary/aromatic N) is 1. The Morgan fingerprint density at radius 2 is 2.00 bits per heavy atom. The molecule has 1 fully saturated rings. The van der Waals surface area contributed by atoms with Crippen molar-refractivity contribution in [3.05, 3.63) is 34.9 Å². The van der Waals surface area contributed by atoms with Gasteiger partial charge >= 0.3 is 0 Å². The Bertz CT molecular complexity index is 434. The van der Waals surface area contributed by atoms with Crippen molar-refractivity contribution < 1.29 is 9.90 Å². The van der Waals surface area contributed by atoms with Gasteiger partial charge in [0.1, 0.15) is 0 Å². The number of rotatable bonds is 2. The molecule has 1 N–H and O–H groups in total. The molecule has 0 aromatic heterocycles. The van der Waals surface area contributed by atoms with E-state index in [2.05, 4.69) is 26.0 Å². The summed E-state index contributed by atoms with van der Waals surface area (Å²) < 4.78 is 0. The maximum absolute atomic E-state index is 12.2. The molecule has 2 rings (SSSR count). The van der Waals surface area contributed by atoms with Gasteiger partial charge in [-0.15, -0.1) is 0 Å².